The summed E-state index contributed by atoms with van der Waals surface area (Å²) in [4.78, 5) is 19.3. The largest absolute Gasteiger partial charge is 0.465 e. The fraction of sp³-hybridized carbons (Fsp3) is 0.429. The highest BCUT2D eigenvalue weighted by Crippen LogP contribution is 2.48. The van der Waals surface area contributed by atoms with E-state index in [9.17, 15) is 10.1 Å². The zero-order valence-electron chi connectivity index (χ0n) is 16.0. The average molecular weight is 379 g/mol. The fourth-order valence-corrected chi connectivity index (χ4v) is 3.84. The van der Waals surface area contributed by atoms with Crippen molar-refractivity contribution in [1.82, 2.24) is 9.97 Å². The molecule has 0 atom stereocenters. The van der Waals surface area contributed by atoms with Crippen LogP contribution in [0.1, 0.15) is 37.3 Å². The molecule has 1 aliphatic rings. The van der Waals surface area contributed by atoms with Crippen LogP contribution in [0.5, 0.6) is 0 Å². The van der Waals surface area contributed by atoms with Gasteiger partial charge in [-0.05, 0) is 37.2 Å². The number of nitrogen functional groups attached to an aromatic ring is 1. The number of rotatable bonds is 8. The van der Waals surface area contributed by atoms with Gasteiger partial charge in [0.25, 0.3) is 0 Å². The Morgan fingerprint density at radius 3 is 2.82 bits per heavy atom. The molecule has 3 rings (SSSR count). The SMILES string of the molecule is CC(=O)OCC1(CNc2nc(N)ncc2C#N)CC(CCc2ccccc2)C1. The number of hydrogen-bond acceptors (Lipinski definition) is 7. The normalized spacial score (nSPS) is 20.6. The predicted molar refractivity (Wildman–Crippen MR) is 106 cm³/mol. The van der Waals surface area contributed by atoms with Crippen molar-refractivity contribution in [2.45, 2.75) is 32.6 Å². The third-order valence-electron chi connectivity index (χ3n) is 5.27. The van der Waals surface area contributed by atoms with Crippen LogP contribution in [0.15, 0.2) is 36.5 Å². The molecular formula is C21H25N5O2. The number of nitriles is 1. The molecule has 1 heterocycles. The molecule has 146 valence electrons. The highest BCUT2D eigenvalue weighted by molar-refractivity contribution is 5.66. The lowest BCUT2D eigenvalue weighted by molar-refractivity contribution is -0.148. The molecule has 0 spiro atoms. The molecule has 1 fully saturated rings. The molecule has 1 aliphatic carbocycles. The van der Waals surface area contributed by atoms with E-state index in [1.54, 1.807) is 0 Å². The number of aromatic nitrogens is 2. The van der Waals surface area contributed by atoms with Crippen LogP contribution in [0.4, 0.5) is 11.8 Å². The van der Waals surface area contributed by atoms with Crippen LogP contribution in [0, 0.1) is 22.7 Å². The van der Waals surface area contributed by atoms with Gasteiger partial charge in [-0.3, -0.25) is 4.79 Å². The Hall–Kier alpha value is -3.14. The van der Waals surface area contributed by atoms with Gasteiger partial charge in [0, 0.05) is 18.9 Å². The van der Waals surface area contributed by atoms with Crippen LogP contribution in [-0.2, 0) is 16.0 Å². The van der Waals surface area contributed by atoms with Crippen molar-refractivity contribution in [3.63, 3.8) is 0 Å². The van der Waals surface area contributed by atoms with Crippen molar-refractivity contribution in [2.75, 3.05) is 24.2 Å². The third-order valence-corrected chi connectivity index (χ3v) is 5.27. The van der Waals surface area contributed by atoms with Gasteiger partial charge >= 0.3 is 5.97 Å². The lowest BCUT2D eigenvalue weighted by Gasteiger charge is -2.47. The Balaban J connectivity index is 1.60. The van der Waals surface area contributed by atoms with E-state index in [0.29, 0.717) is 30.5 Å². The van der Waals surface area contributed by atoms with Gasteiger partial charge in [0.1, 0.15) is 17.5 Å². The quantitative estimate of drug-likeness (QED) is 0.678. The number of nitrogens with two attached hydrogens (primary N) is 1. The van der Waals surface area contributed by atoms with E-state index in [-0.39, 0.29) is 17.3 Å². The van der Waals surface area contributed by atoms with Crippen molar-refractivity contribution in [3.05, 3.63) is 47.7 Å². The fourth-order valence-electron chi connectivity index (χ4n) is 3.84. The minimum Gasteiger partial charge on any atom is -0.465 e. The van der Waals surface area contributed by atoms with Crippen LogP contribution in [-0.4, -0.2) is 29.1 Å². The first-order valence-corrected chi connectivity index (χ1v) is 9.43. The summed E-state index contributed by atoms with van der Waals surface area (Å²) in [6.07, 6.45) is 5.48. The van der Waals surface area contributed by atoms with Crippen LogP contribution in [0.2, 0.25) is 0 Å². The minimum atomic E-state index is -0.281. The van der Waals surface area contributed by atoms with Crippen molar-refractivity contribution in [1.29, 1.82) is 5.26 Å². The Labute approximate surface area is 164 Å². The molecule has 1 aromatic carbocycles. The number of nitrogens with one attached hydrogen (secondary N) is 1. The number of hydrogen-bond donors (Lipinski definition) is 2. The molecule has 0 aliphatic heterocycles. The molecule has 7 heteroatoms. The maximum Gasteiger partial charge on any atom is 0.302 e. The molecule has 0 bridgehead atoms. The van der Waals surface area contributed by atoms with Gasteiger partial charge in [-0.1, -0.05) is 30.3 Å². The van der Waals surface area contributed by atoms with E-state index >= 15 is 0 Å². The number of anilines is 2. The van der Waals surface area contributed by atoms with Crippen LogP contribution >= 0.6 is 0 Å². The van der Waals surface area contributed by atoms with Gasteiger partial charge in [0.05, 0.1) is 12.8 Å². The second kappa shape index (κ2) is 8.70. The van der Waals surface area contributed by atoms with E-state index in [2.05, 4.69) is 45.6 Å². The highest BCUT2D eigenvalue weighted by Gasteiger charge is 2.44. The predicted octanol–water partition coefficient (Wildman–Crippen LogP) is 2.93. The number of carbonyl (C=O) groups is 1. The van der Waals surface area contributed by atoms with E-state index < -0.39 is 0 Å². The molecular weight excluding hydrogens is 354 g/mol. The van der Waals surface area contributed by atoms with E-state index in [1.807, 2.05) is 6.07 Å². The van der Waals surface area contributed by atoms with Crippen molar-refractivity contribution in [3.8, 4) is 6.07 Å². The van der Waals surface area contributed by atoms with E-state index in [0.717, 1.165) is 25.7 Å². The smallest absolute Gasteiger partial charge is 0.302 e. The minimum absolute atomic E-state index is 0.116. The molecule has 2 aromatic rings. The lowest BCUT2D eigenvalue weighted by Crippen LogP contribution is -2.46. The van der Waals surface area contributed by atoms with Gasteiger partial charge in [0.2, 0.25) is 5.95 Å². The molecule has 0 saturated heterocycles. The first kappa shape index (κ1) is 19.6. The van der Waals surface area contributed by atoms with E-state index in [1.165, 1.54) is 18.7 Å². The van der Waals surface area contributed by atoms with E-state index in [4.69, 9.17) is 10.5 Å². The lowest BCUT2D eigenvalue weighted by atomic mass is 9.61. The number of benzene rings is 1. The van der Waals surface area contributed by atoms with Crippen LogP contribution in [0.3, 0.4) is 0 Å². The van der Waals surface area contributed by atoms with Gasteiger partial charge in [-0.2, -0.15) is 10.2 Å². The Kier molecular flexibility index (Phi) is 6.09. The van der Waals surface area contributed by atoms with Crippen molar-refractivity contribution in [2.24, 2.45) is 11.3 Å². The molecule has 7 nitrogen and oxygen atoms in total. The van der Waals surface area contributed by atoms with Crippen molar-refractivity contribution >= 4 is 17.7 Å². The van der Waals surface area contributed by atoms with Gasteiger partial charge in [0.15, 0.2) is 0 Å². The summed E-state index contributed by atoms with van der Waals surface area (Å²) in [5, 5.41) is 12.4. The molecule has 0 unspecified atom stereocenters. The second-order valence-electron chi connectivity index (χ2n) is 7.53. The van der Waals surface area contributed by atoms with Crippen LogP contribution < -0.4 is 11.1 Å². The molecule has 28 heavy (non-hydrogen) atoms. The summed E-state index contributed by atoms with van der Waals surface area (Å²) in [7, 11) is 0. The zero-order valence-corrected chi connectivity index (χ0v) is 16.0. The topological polar surface area (TPSA) is 114 Å². The molecule has 0 radical (unpaired) electrons. The standard InChI is InChI=1S/C21H25N5O2/c1-15(27)28-14-21(13-25-19-18(11-22)12-24-20(23)26-19)9-17(10-21)8-7-16-5-3-2-4-6-16/h2-6,12,17H,7-10,13-14H2,1H3,(H3,23,24,25,26). The number of nitrogens with zero attached hydrogens (tertiary/aromatic N) is 3. The highest BCUT2D eigenvalue weighted by atomic mass is 16.5. The Morgan fingerprint density at radius 1 is 1.39 bits per heavy atom. The number of carbonyl (C=O) groups excluding carboxylic acids is 1. The summed E-state index contributed by atoms with van der Waals surface area (Å²) in [6.45, 7) is 2.35. The third kappa shape index (κ3) is 4.97. The summed E-state index contributed by atoms with van der Waals surface area (Å²) >= 11 is 0. The van der Waals surface area contributed by atoms with Gasteiger partial charge in [-0.15, -0.1) is 0 Å². The maximum atomic E-state index is 11.3. The summed E-state index contributed by atoms with van der Waals surface area (Å²) in [5.74, 6) is 0.842. The Bertz CT molecular complexity index is 857. The maximum absolute atomic E-state index is 11.3. The summed E-state index contributed by atoms with van der Waals surface area (Å²) in [5.41, 5.74) is 7.17. The van der Waals surface area contributed by atoms with Crippen molar-refractivity contribution < 1.29 is 9.53 Å². The second-order valence-corrected chi connectivity index (χ2v) is 7.53. The first-order chi connectivity index (χ1) is 13.5. The molecule has 1 aromatic heterocycles. The number of ether oxygens (including phenoxy) is 1. The Morgan fingerprint density at radius 2 is 2.14 bits per heavy atom. The van der Waals surface area contributed by atoms with Crippen LogP contribution in [0.25, 0.3) is 0 Å². The number of aryl methyl sites for hydroxylation is 1. The zero-order chi connectivity index (χ0) is 20.0. The molecule has 1 saturated carbocycles. The van der Waals surface area contributed by atoms with Gasteiger partial charge in [-0.25, -0.2) is 4.98 Å². The van der Waals surface area contributed by atoms with Gasteiger partial charge < -0.3 is 15.8 Å². The average Bonchev–Trinajstić information content (AvgIpc) is 2.66. The summed E-state index contributed by atoms with van der Waals surface area (Å²) in [6, 6.07) is 12.5. The molecule has 0 amide bonds. The number of esters is 1. The monoisotopic (exact) mass is 379 g/mol. The first-order valence-electron chi connectivity index (χ1n) is 9.43. The summed E-state index contributed by atoms with van der Waals surface area (Å²) < 4.78 is 5.33. The molecule has 3 N–H and O–H groups in total.